The van der Waals surface area contributed by atoms with Gasteiger partial charge in [0, 0.05) is 24.0 Å². The predicted octanol–water partition coefficient (Wildman–Crippen LogP) is 4.07. The first-order valence-corrected chi connectivity index (χ1v) is 9.39. The number of oxazole rings is 1. The van der Waals surface area contributed by atoms with E-state index < -0.39 is 0 Å². The maximum absolute atomic E-state index is 6.08. The van der Waals surface area contributed by atoms with Crippen LogP contribution in [0, 0.1) is 0 Å². The fourth-order valence-corrected chi connectivity index (χ4v) is 3.94. The summed E-state index contributed by atoms with van der Waals surface area (Å²) in [6.45, 7) is 2.00. The highest BCUT2D eigenvalue weighted by Crippen LogP contribution is 2.33. The monoisotopic (exact) mass is 355 g/mol. The Morgan fingerprint density at radius 2 is 2.16 bits per heavy atom. The lowest BCUT2D eigenvalue weighted by Gasteiger charge is -2.20. The van der Waals surface area contributed by atoms with Crippen molar-refractivity contribution in [3.63, 3.8) is 0 Å². The highest BCUT2D eigenvalue weighted by Gasteiger charge is 2.30. The van der Waals surface area contributed by atoms with Gasteiger partial charge in [-0.15, -0.1) is 11.3 Å². The summed E-state index contributed by atoms with van der Waals surface area (Å²) >= 11 is 1.70. The molecule has 5 nitrogen and oxygen atoms in total. The number of likely N-dealkylation sites (tertiary alicyclic amines) is 1. The molecule has 3 heterocycles. The van der Waals surface area contributed by atoms with Crippen LogP contribution in [0.15, 0.2) is 46.6 Å². The van der Waals surface area contributed by atoms with Gasteiger partial charge in [0.25, 0.3) is 0 Å². The van der Waals surface area contributed by atoms with Crippen molar-refractivity contribution in [2.24, 2.45) is 0 Å². The zero-order valence-electron chi connectivity index (χ0n) is 14.2. The summed E-state index contributed by atoms with van der Waals surface area (Å²) in [7, 11) is 1.68. The van der Waals surface area contributed by atoms with Crippen LogP contribution in [0.1, 0.15) is 41.0 Å². The first-order valence-electron chi connectivity index (χ1n) is 8.51. The second kappa shape index (κ2) is 7.37. The van der Waals surface area contributed by atoms with Crippen molar-refractivity contribution in [1.82, 2.24) is 14.9 Å². The molecule has 0 spiro atoms. The Labute approximate surface area is 151 Å². The van der Waals surface area contributed by atoms with Crippen molar-refractivity contribution in [1.29, 1.82) is 0 Å². The molecular weight excluding hydrogens is 334 g/mol. The number of hydrogen-bond donors (Lipinski definition) is 0. The van der Waals surface area contributed by atoms with Gasteiger partial charge in [-0.1, -0.05) is 12.1 Å². The summed E-state index contributed by atoms with van der Waals surface area (Å²) < 4.78 is 11.3. The van der Waals surface area contributed by atoms with Gasteiger partial charge < -0.3 is 9.15 Å². The predicted molar refractivity (Wildman–Crippen MR) is 96.8 cm³/mol. The van der Waals surface area contributed by atoms with Crippen LogP contribution in [0.25, 0.3) is 0 Å². The number of benzene rings is 1. The standard InChI is InChI=1S/C19H21N3O2S/c1-23-15-6-4-14(5-7-15)9-16-10-21-19(24-16)18-3-2-8-22(18)12-17-11-20-13-25-17/h4-7,10-11,13,18H,2-3,8-9,12H2,1H3/t18-/m1/s1. The molecule has 0 N–H and O–H groups in total. The maximum Gasteiger partial charge on any atom is 0.211 e. The Hall–Kier alpha value is -2.18. The van der Waals surface area contributed by atoms with Gasteiger partial charge in [0.15, 0.2) is 0 Å². The first kappa shape index (κ1) is 16.3. The minimum Gasteiger partial charge on any atom is -0.497 e. The van der Waals surface area contributed by atoms with E-state index in [1.54, 1.807) is 18.4 Å². The van der Waals surface area contributed by atoms with Crippen LogP contribution in [-0.2, 0) is 13.0 Å². The average Bonchev–Trinajstić information content (AvgIpc) is 3.38. The van der Waals surface area contributed by atoms with Gasteiger partial charge in [0.1, 0.15) is 11.5 Å². The second-order valence-corrected chi connectivity index (χ2v) is 7.26. The third kappa shape index (κ3) is 3.75. The van der Waals surface area contributed by atoms with E-state index >= 15 is 0 Å². The molecule has 0 unspecified atom stereocenters. The quantitative estimate of drug-likeness (QED) is 0.667. The van der Waals surface area contributed by atoms with E-state index in [4.69, 9.17) is 9.15 Å². The topological polar surface area (TPSA) is 51.4 Å². The lowest BCUT2D eigenvalue weighted by molar-refractivity contribution is 0.214. The van der Waals surface area contributed by atoms with Crippen molar-refractivity contribution in [3.05, 3.63) is 64.3 Å². The number of hydrogen-bond acceptors (Lipinski definition) is 6. The molecule has 1 aliphatic heterocycles. The normalized spacial score (nSPS) is 17.9. The lowest BCUT2D eigenvalue weighted by Crippen LogP contribution is -2.22. The van der Waals surface area contributed by atoms with Crippen molar-refractivity contribution in [3.8, 4) is 5.75 Å². The molecular formula is C19H21N3O2S. The number of aromatic nitrogens is 2. The van der Waals surface area contributed by atoms with E-state index in [0.717, 1.165) is 43.3 Å². The van der Waals surface area contributed by atoms with Crippen LogP contribution < -0.4 is 4.74 Å². The fraction of sp³-hybridized carbons (Fsp3) is 0.368. The van der Waals surface area contributed by atoms with E-state index in [1.807, 2.05) is 30.0 Å². The lowest BCUT2D eigenvalue weighted by atomic mass is 10.1. The zero-order valence-corrected chi connectivity index (χ0v) is 15.0. The zero-order chi connectivity index (χ0) is 17.1. The third-order valence-electron chi connectivity index (χ3n) is 4.60. The van der Waals surface area contributed by atoms with E-state index in [-0.39, 0.29) is 6.04 Å². The summed E-state index contributed by atoms with van der Waals surface area (Å²) in [5.74, 6) is 2.61. The fourth-order valence-electron chi connectivity index (χ4n) is 3.32. The molecule has 1 aliphatic rings. The minimum atomic E-state index is 0.270. The Morgan fingerprint density at radius 1 is 1.28 bits per heavy atom. The molecule has 1 aromatic carbocycles. The largest absolute Gasteiger partial charge is 0.497 e. The van der Waals surface area contributed by atoms with E-state index in [1.165, 1.54) is 16.9 Å². The number of ether oxygens (including phenoxy) is 1. The summed E-state index contributed by atoms with van der Waals surface area (Å²) in [5, 5.41) is 0. The first-order chi connectivity index (χ1) is 12.3. The van der Waals surface area contributed by atoms with Gasteiger partial charge in [-0.25, -0.2) is 4.98 Å². The molecule has 4 rings (SSSR count). The molecule has 0 aliphatic carbocycles. The van der Waals surface area contributed by atoms with E-state index in [9.17, 15) is 0 Å². The Kier molecular flexibility index (Phi) is 4.81. The number of methoxy groups -OCH3 is 1. The smallest absolute Gasteiger partial charge is 0.211 e. The van der Waals surface area contributed by atoms with Crippen molar-refractivity contribution in [2.75, 3.05) is 13.7 Å². The second-order valence-electron chi connectivity index (χ2n) is 6.29. The van der Waals surface area contributed by atoms with Gasteiger partial charge in [0.2, 0.25) is 5.89 Å². The third-order valence-corrected chi connectivity index (χ3v) is 5.36. The Morgan fingerprint density at radius 3 is 2.92 bits per heavy atom. The molecule has 130 valence electrons. The van der Waals surface area contributed by atoms with Crippen LogP contribution in [0.5, 0.6) is 5.75 Å². The Bertz CT molecular complexity index is 798. The minimum absolute atomic E-state index is 0.270. The molecule has 0 radical (unpaired) electrons. The van der Waals surface area contributed by atoms with Gasteiger partial charge in [0.05, 0.1) is 24.9 Å². The molecule has 1 atom stereocenters. The van der Waals surface area contributed by atoms with E-state index in [0.29, 0.717) is 0 Å². The summed E-state index contributed by atoms with van der Waals surface area (Å²) in [4.78, 5) is 12.5. The molecule has 0 amide bonds. The molecule has 6 heteroatoms. The van der Waals surface area contributed by atoms with Gasteiger partial charge in [-0.05, 0) is 37.1 Å². The molecule has 1 saturated heterocycles. The van der Waals surface area contributed by atoms with Gasteiger partial charge in [-0.2, -0.15) is 0 Å². The van der Waals surface area contributed by atoms with Crippen molar-refractivity contribution in [2.45, 2.75) is 31.8 Å². The van der Waals surface area contributed by atoms with Crippen molar-refractivity contribution >= 4 is 11.3 Å². The molecule has 0 saturated carbocycles. The van der Waals surface area contributed by atoms with Crippen LogP contribution in [0.4, 0.5) is 0 Å². The van der Waals surface area contributed by atoms with Crippen molar-refractivity contribution < 1.29 is 9.15 Å². The highest BCUT2D eigenvalue weighted by atomic mass is 32.1. The highest BCUT2D eigenvalue weighted by molar-refractivity contribution is 7.09. The summed E-state index contributed by atoms with van der Waals surface area (Å²) in [6.07, 6.45) is 6.84. The van der Waals surface area contributed by atoms with Gasteiger partial charge in [-0.3, -0.25) is 9.88 Å². The Balaban J connectivity index is 1.44. The summed E-state index contributed by atoms with van der Waals surface area (Å²) in [6, 6.07) is 8.34. The number of thiazole rings is 1. The molecule has 3 aromatic rings. The molecule has 0 bridgehead atoms. The van der Waals surface area contributed by atoms with Crippen LogP contribution >= 0.6 is 11.3 Å². The van der Waals surface area contributed by atoms with Gasteiger partial charge >= 0.3 is 0 Å². The molecule has 2 aromatic heterocycles. The average molecular weight is 355 g/mol. The molecule has 25 heavy (non-hydrogen) atoms. The van der Waals surface area contributed by atoms with Crippen LogP contribution in [-0.4, -0.2) is 28.5 Å². The summed E-state index contributed by atoms with van der Waals surface area (Å²) in [5.41, 5.74) is 3.08. The van der Waals surface area contributed by atoms with Crippen LogP contribution in [0.2, 0.25) is 0 Å². The van der Waals surface area contributed by atoms with Crippen LogP contribution in [0.3, 0.4) is 0 Å². The van der Waals surface area contributed by atoms with E-state index in [2.05, 4.69) is 27.0 Å². The number of nitrogens with zero attached hydrogens (tertiary/aromatic N) is 3. The molecule has 1 fully saturated rings. The SMILES string of the molecule is COc1ccc(Cc2cnc([C@H]3CCCN3Cc3cncs3)o2)cc1. The number of rotatable bonds is 6. The maximum atomic E-state index is 6.08.